The molecule has 0 aliphatic heterocycles. The molecule has 2 nitrogen and oxygen atoms in total. The van der Waals surface area contributed by atoms with E-state index < -0.39 is 0 Å². The number of nitrogens with zero attached hydrogens (tertiary/aromatic N) is 1. The third kappa shape index (κ3) is 5.36. The highest BCUT2D eigenvalue weighted by Gasteiger charge is 1.96. The van der Waals surface area contributed by atoms with Crippen molar-refractivity contribution in [3.05, 3.63) is 42.4 Å². The molecular formula is C12H19NO. The number of aromatic nitrogens is 1. The lowest BCUT2D eigenvalue weighted by molar-refractivity contribution is 0.339. The summed E-state index contributed by atoms with van der Waals surface area (Å²) in [5.74, 6) is 0.613. The van der Waals surface area contributed by atoms with Gasteiger partial charge in [0, 0.05) is 11.9 Å². The van der Waals surface area contributed by atoms with E-state index >= 15 is 0 Å². The Balaban J connectivity index is 0.000000364. The number of rotatable bonds is 2. The molecule has 0 fully saturated rings. The SMILES string of the molecule is C=COC.Cc1cc(C(C)C)ccn1. The van der Waals surface area contributed by atoms with Crippen LogP contribution in [0.1, 0.15) is 31.0 Å². The van der Waals surface area contributed by atoms with Crippen LogP contribution in [0.3, 0.4) is 0 Å². The fraction of sp³-hybridized carbons (Fsp3) is 0.417. The first-order valence-electron chi connectivity index (χ1n) is 4.68. The van der Waals surface area contributed by atoms with Crippen molar-refractivity contribution in [2.24, 2.45) is 0 Å². The second kappa shape index (κ2) is 7.13. The molecule has 0 aliphatic carbocycles. The van der Waals surface area contributed by atoms with Crippen molar-refractivity contribution in [3.8, 4) is 0 Å². The quantitative estimate of drug-likeness (QED) is 0.672. The summed E-state index contributed by atoms with van der Waals surface area (Å²) in [4.78, 5) is 4.12. The van der Waals surface area contributed by atoms with Crippen molar-refractivity contribution < 1.29 is 4.74 Å². The predicted octanol–water partition coefficient (Wildman–Crippen LogP) is 3.29. The molecule has 0 saturated carbocycles. The normalized spacial score (nSPS) is 8.93. The zero-order chi connectivity index (χ0) is 11.0. The summed E-state index contributed by atoms with van der Waals surface area (Å²) in [6.07, 6.45) is 3.24. The van der Waals surface area contributed by atoms with Crippen LogP contribution in [0.15, 0.2) is 31.2 Å². The summed E-state index contributed by atoms with van der Waals surface area (Å²) in [6, 6.07) is 4.20. The lowest BCUT2D eigenvalue weighted by Gasteiger charge is -2.03. The average molecular weight is 193 g/mol. The molecule has 14 heavy (non-hydrogen) atoms. The summed E-state index contributed by atoms with van der Waals surface area (Å²) in [7, 11) is 1.56. The lowest BCUT2D eigenvalue weighted by atomic mass is 10.0. The molecule has 78 valence electrons. The van der Waals surface area contributed by atoms with Crippen LogP contribution in [0.4, 0.5) is 0 Å². The van der Waals surface area contributed by atoms with E-state index in [2.05, 4.69) is 42.3 Å². The largest absolute Gasteiger partial charge is 0.505 e. The van der Waals surface area contributed by atoms with Crippen molar-refractivity contribution in [2.75, 3.05) is 7.11 Å². The maximum Gasteiger partial charge on any atom is 0.0766 e. The Labute approximate surface area is 86.6 Å². The van der Waals surface area contributed by atoms with Gasteiger partial charge in [-0.3, -0.25) is 4.98 Å². The van der Waals surface area contributed by atoms with E-state index in [0.29, 0.717) is 5.92 Å². The van der Waals surface area contributed by atoms with Crippen molar-refractivity contribution >= 4 is 0 Å². The number of hydrogen-bond acceptors (Lipinski definition) is 2. The topological polar surface area (TPSA) is 22.1 Å². The third-order valence-electron chi connectivity index (χ3n) is 1.75. The van der Waals surface area contributed by atoms with Crippen molar-refractivity contribution in [1.82, 2.24) is 4.98 Å². The molecule has 1 heterocycles. The van der Waals surface area contributed by atoms with E-state index in [1.165, 1.54) is 11.8 Å². The molecule has 0 radical (unpaired) electrons. The zero-order valence-corrected chi connectivity index (χ0v) is 9.45. The maximum absolute atomic E-state index is 4.31. The molecule has 1 aromatic heterocycles. The fourth-order valence-electron chi connectivity index (χ4n) is 0.927. The Bertz CT molecular complexity index is 269. The molecular weight excluding hydrogens is 174 g/mol. The Morgan fingerprint density at radius 2 is 2.07 bits per heavy atom. The van der Waals surface area contributed by atoms with Gasteiger partial charge < -0.3 is 4.74 Å². The fourth-order valence-corrected chi connectivity index (χ4v) is 0.927. The summed E-state index contributed by atoms with van der Waals surface area (Å²) in [5.41, 5.74) is 2.47. The molecule has 0 N–H and O–H groups in total. The van der Waals surface area contributed by atoms with Crippen LogP contribution in [0, 0.1) is 6.92 Å². The number of aryl methyl sites for hydroxylation is 1. The van der Waals surface area contributed by atoms with Crippen LogP contribution < -0.4 is 0 Å². The first-order valence-corrected chi connectivity index (χ1v) is 4.68. The van der Waals surface area contributed by atoms with Gasteiger partial charge in [-0.15, -0.1) is 0 Å². The van der Waals surface area contributed by atoms with Gasteiger partial charge in [-0.2, -0.15) is 0 Å². The molecule has 2 heteroatoms. The van der Waals surface area contributed by atoms with Gasteiger partial charge >= 0.3 is 0 Å². The van der Waals surface area contributed by atoms with Crippen LogP contribution in [0.25, 0.3) is 0 Å². The number of methoxy groups -OCH3 is 1. The summed E-state index contributed by atoms with van der Waals surface area (Å²) >= 11 is 0. The number of hydrogen-bond donors (Lipinski definition) is 0. The van der Waals surface area contributed by atoms with Gasteiger partial charge in [0.2, 0.25) is 0 Å². The Morgan fingerprint density at radius 1 is 1.50 bits per heavy atom. The van der Waals surface area contributed by atoms with Crippen LogP contribution in [-0.2, 0) is 4.74 Å². The molecule has 1 aromatic rings. The lowest BCUT2D eigenvalue weighted by Crippen LogP contribution is -1.88. The van der Waals surface area contributed by atoms with Gasteiger partial charge in [0.15, 0.2) is 0 Å². The van der Waals surface area contributed by atoms with Gasteiger partial charge in [-0.05, 0) is 30.5 Å². The second-order valence-electron chi connectivity index (χ2n) is 3.29. The molecule has 0 atom stereocenters. The number of pyridine rings is 1. The molecule has 0 aromatic carbocycles. The highest BCUT2D eigenvalue weighted by molar-refractivity contribution is 5.18. The van der Waals surface area contributed by atoms with Crippen LogP contribution in [0.5, 0.6) is 0 Å². The molecule has 0 unspecified atom stereocenters. The first-order chi connectivity index (χ1) is 6.61. The monoisotopic (exact) mass is 193 g/mol. The van der Waals surface area contributed by atoms with Gasteiger partial charge in [-0.25, -0.2) is 0 Å². The maximum atomic E-state index is 4.31. The predicted molar refractivity (Wildman–Crippen MR) is 60.3 cm³/mol. The molecule has 0 aliphatic rings. The molecule has 0 amide bonds. The van der Waals surface area contributed by atoms with Gasteiger partial charge in [0.05, 0.1) is 13.4 Å². The van der Waals surface area contributed by atoms with Gasteiger partial charge in [-0.1, -0.05) is 20.4 Å². The van der Waals surface area contributed by atoms with E-state index in [4.69, 9.17) is 0 Å². The Hall–Kier alpha value is -1.31. The van der Waals surface area contributed by atoms with E-state index in [1.807, 2.05) is 13.1 Å². The summed E-state index contributed by atoms with van der Waals surface area (Å²) in [6.45, 7) is 9.66. The van der Waals surface area contributed by atoms with E-state index in [1.54, 1.807) is 7.11 Å². The average Bonchev–Trinajstić information content (AvgIpc) is 2.18. The van der Waals surface area contributed by atoms with Crippen LogP contribution in [0.2, 0.25) is 0 Å². The van der Waals surface area contributed by atoms with Crippen LogP contribution >= 0.6 is 0 Å². The molecule has 0 spiro atoms. The minimum Gasteiger partial charge on any atom is -0.505 e. The van der Waals surface area contributed by atoms with Crippen LogP contribution in [-0.4, -0.2) is 12.1 Å². The number of ether oxygens (including phenoxy) is 1. The molecule has 1 rings (SSSR count). The standard InChI is InChI=1S/C9H13N.C3H6O/c1-7(2)9-4-5-10-8(3)6-9;1-3-4-2/h4-7H,1-3H3;3H,1H2,2H3. The second-order valence-corrected chi connectivity index (χ2v) is 3.29. The van der Waals surface area contributed by atoms with Crippen molar-refractivity contribution in [1.29, 1.82) is 0 Å². The zero-order valence-electron chi connectivity index (χ0n) is 9.45. The van der Waals surface area contributed by atoms with Crippen molar-refractivity contribution in [2.45, 2.75) is 26.7 Å². The Kier molecular flexibility index (Phi) is 6.46. The van der Waals surface area contributed by atoms with Crippen molar-refractivity contribution in [3.63, 3.8) is 0 Å². The van der Waals surface area contributed by atoms with E-state index in [-0.39, 0.29) is 0 Å². The smallest absolute Gasteiger partial charge is 0.0766 e. The van der Waals surface area contributed by atoms with E-state index in [9.17, 15) is 0 Å². The molecule has 0 bridgehead atoms. The van der Waals surface area contributed by atoms with Gasteiger partial charge in [0.25, 0.3) is 0 Å². The molecule has 0 saturated heterocycles. The minimum atomic E-state index is 0.613. The Morgan fingerprint density at radius 3 is 2.36 bits per heavy atom. The summed E-state index contributed by atoms with van der Waals surface area (Å²) in [5, 5.41) is 0. The first kappa shape index (κ1) is 12.7. The van der Waals surface area contributed by atoms with E-state index in [0.717, 1.165) is 5.69 Å². The third-order valence-corrected chi connectivity index (χ3v) is 1.75. The summed E-state index contributed by atoms with van der Waals surface area (Å²) < 4.78 is 4.31. The van der Waals surface area contributed by atoms with Gasteiger partial charge in [0.1, 0.15) is 0 Å². The minimum absolute atomic E-state index is 0.613. The highest BCUT2D eigenvalue weighted by atomic mass is 16.5. The highest BCUT2D eigenvalue weighted by Crippen LogP contribution is 2.12.